The van der Waals surface area contributed by atoms with Gasteiger partial charge in [-0.2, -0.15) is 13.2 Å². The van der Waals surface area contributed by atoms with Crippen LogP contribution in [0.2, 0.25) is 0 Å². The Balaban J connectivity index is 1.86. The van der Waals surface area contributed by atoms with Gasteiger partial charge in [0.05, 0.1) is 18.3 Å². The summed E-state index contributed by atoms with van der Waals surface area (Å²) >= 11 is 0. The van der Waals surface area contributed by atoms with Crippen LogP contribution in [-0.4, -0.2) is 19.2 Å². The zero-order valence-electron chi connectivity index (χ0n) is 9.96. The third-order valence-electron chi connectivity index (χ3n) is 3.02. The molecule has 0 aromatic heterocycles. The zero-order chi connectivity index (χ0) is 13.0. The summed E-state index contributed by atoms with van der Waals surface area (Å²) < 4.78 is 42.7. The van der Waals surface area contributed by atoms with E-state index in [4.69, 9.17) is 4.74 Å². The Kier molecular flexibility index (Phi) is 4.24. The second kappa shape index (κ2) is 5.71. The van der Waals surface area contributed by atoms with E-state index in [1.807, 2.05) is 0 Å². The van der Waals surface area contributed by atoms with Gasteiger partial charge in [0.2, 0.25) is 0 Å². The molecule has 1 N–H and O–H groups in total. The van der Waals surface area contributed by atoms with Crippen molar-refractivity contribution < 1.29 is 17.9 Å². The molecule has 0 radical (unpaired) electrons. The van der Waals surface area contributed by atoms with Gasteiger partial charge in [0.1, 0.15) is 0 Å². The van der Waals surface area contributed by atoms with Crippen LogP contribution >= 0.6 is 0 Å². The minimum atomic E-state index is -4.27. The van der Waals surface area contributed by atoms with Gasteiger partial charge in [-0.3, -0.25) is 0 Å². The Bertz CT molecular complexity index is 369. The van der Waals surface area contributed by atoms with E-state index in [0.717, 1.165) is 43.6 Å². The van der Waals surface area contributed by atoms with Gasteiger partial charge in [0, 0.05) is 6.54 Å². The van der Waals surface area contributed by atoms with Crippen LogP contribution in [0.4, 0.5) is 13.2 Å². The molecule has 1 aromatic carbocycles. The van der Waals surface area contributed by atoms with Gasteiger partial charge < -0.3 is 10.1 Å². The van der Waals surface area contributed by atoms with Crippen molar-refractivity contribution in [2.45, 2.75) is 31.7 Å². The van der Waals surface area contributed by atoms with Gasteiger partial charge in [0.15, 0.2) is 0 Å². The first-order valence-corrected chi connectivity index (χ1v) is 6.04. The van der Waals surface area contributed by atoms with Gasteiger partial charge >= 0.3 is 6.18 Å². The minimum absolute atomic E-state index is 0.168. The lowest BCUT2D eigenvalue weighted by Gasteiger charge is -2.23. The van der Waals surface area contributed by atoms with Gasteiger partial charge in [-0.25, -0.2) is 0 Å². The smallest absolute Gasteiger partial charge is 0.372 e. The van der Waals surface area contributed by atoms with Crippen LogP contribution in [0.15, 0.2) is 24.3 Å². The summed E-state index contributed by atoms with van der Waals surface area (Å²) in [7, 11) is 0. The minimum Gasteiger partial charge on any atom is -0.372 e. The lowest BCUT2D eigenvalue weighted by atomic mass is 10.1. The molecule has 1 aliphatic heterocycles. The van der Waals surface area contributed by atoms with Crippen molar-refractivity contribution in [2.75, 3.05) is 13.1 Å². The molecule has 1 aliphatic rings. The topological polar surface area (TPSA) is 21.3 Å². The molecule has 18 heavy (non-hydrogen) atoms. The summed E-state index contributed by atoms with van der Waals surface area (Å²) in [5, 5.41) is 3.23. The lowest BCUT2D eigenvalue weighted by molar-refractivity contribution is -0.137. The zero-order valence-corrected chi connectivity index (χ0v) is 9.96. The third-order valence-corrected chi connectivity index (χ3v) is 3.02. The normalized spacial score (nSPS) is 20.9. The standard InChI is InChI=1S/C13H16F3NO/c14-13(15,16)11-5-3-10(4-6-11)9-18-12-2-1-7-17-8-12/h3-6,12,17H,1-2,7-9H2/t12-/m0/s1. The fourth-order valence-electron chi connectivity index (χ4n) is 1.97. The molecular weight excluding hydrogens is 243 g/mol. The molecule has 1 fully saturated rings. The summed E-state index contributed by atoms with van der Waals surface area (Å²) in [5.74, 6) is 0. The molecular formula is C13H16F3NO. The number of halogens is 3. The Morgan fingerprint density at radius 3 is 2.50 bits per heavy atom. The molecule has 0 spiro atoms. The van der Waals surface area contributed by atoms with Crippen molar-refractivity contribution in [3.05, 3.63) is 35.4 Å². The highest BCUT2D eigenvalue weighted by atomic mass is 19.4. The maximum Gasteiger partial charge on any atom is 0.416 e. The molecule has 100 valence electrons. The van der Waals surface area contributed by atoms with Crippen LogP contribution in [0.5, 0.6) is 0 Å². The van der Waals surface area contributed by atoms with Crippen molar-refractivity contribution in [3.8, 4) is 0 Å². The Hall–Kier alpha value is -1.07. The average Bonchev–Trinajstić information content (AvgIpc) is 2.37. The molecule has 1 aromatic rings. The SMILES string of the molecule is FC(F)(F)c1ccc(CO[C@H]2CCCNC2)cc1. The number of alkyl halides is 3. The molecule has 0 unspecified atom stereocenters. The van der Waals surface area contributed by atoms with Crippen LogP contribution in [0.25, 0.3) is 0 Å². The van der Waals surface area contributed by atoms with Gasteiger partial charge in [-0.1, -0.05) is 12.1 Å². The summed E-state index contributed by atoms with van der Waals surface area (Å²) in [6.07, 6.45) is -2.01. The predicted molar refractivity (Wildman–Crippen MR) is 62.1 cm³/mol. The Morgan fingerprint density at radius 2 is 1.94 bits per heavy atom. The van der Waals surface area contributed by atoms with Crippen molar-refractivity contribution in [1.82, 2.24) is 5.32 Å². The van der Waals surface area contributed by atoms with Crippen LogP contribution in [0.1, 0.15) is 24.0 Å². The molecule has 5 heteroatoms. The van der Waals surface area contributed by atoms with E-state index >= 15 is 0 Å². The Morgan fingerprint density at radius 1 is 1.22 bits per heavy atom. The number of piperidine rings is 1. The number of ether oxygens (including phenoxy) is 1. The van der Waals surface area contributed by atoms with E-state index in [9.17, 15) is 13.2 Å². The first-order valence-electron chi connectivity index (χ1n) is 6.04. The van der Waals surface area contributed by atoms with E-state index in [-0.39, 0.29) is 6.10 Å². The Labute approximate surface area is 104 Å². The molecule has 0 aliphatic carbocycles. The van der Waals surface area contributed by atoms with E-state index in [2.05, 4.69) is 5.32 Å². The van der Waals surface area contributed by atoms with E-state index in [0.29, 0.717) is 6.61 Å². The highest BCUT2D eigenvalue weighted by molar-refractivity contribution is 5.24. The maximum atomic E-state index is 12.4. The molecule has 0 amide bonds. The largest absolute Gasteiger partial charge is 0.416 e. The second-order valence-corrected chi connectivity index (χ2v) is 4.47. The van der Waals surface area contributed by atoms with Gasteiger partial charge in [-0.15, -0.1) is 0 Å². The van der Waals surface area contributed by atoms with E-state index in [1.54, 1.807) is 0 Å². The molecule has 1 heterocycles. The highest BCUT2D eigenvalue weighted by Crippen LogP contribution is 2.29. The quantitative estimate of drug-likeness (QED) is 0.901. The van der Waals surface area contributed by atoms with Crippen molar-refractivity contribution in [1.29, 1.82) is 0 Å². The van der Waals surface area contributed by atoms with Crippen LogP contribution in [-0.2, 0) is 17.5 Å². The first kappa shape index (κ1) is 13.4. The van der Waals surface area contributed by atoms with E-state index < -0.39 is 11.7 Å². The molecule has 2 nitrogen and oxygen atoms in total. The van der Waals surface area contributed by atoms with Crippen LogP contribution < -0.4 is 5.32 Å². The average molecular weight is 259 g/mol. The van der Waals surface area contributed by atoms with Crippen LogP contribution in [0.3, 0.4) is 0 Å². The molecule has 0 saturated carbocycles. The molecule has 2 rings (SSSR count). The number of rotatable bonds is 3. The lowest BCUT2D eigenvalue weighted by Crippen LogP contribution is -2.35. The third kappa shape index (κ3) is 3.71. The van der Waals surface area contributed by atoms with Gasteiger partial charge in [-0.05, 0) is 37.1 Å². The first-order chi connectivity index (χ1) is 8.55. The van der Waals surface area contributed by atoms with Gasteiger partial charge in [0.25, 0.3) is 0 Å². The van der Waals surface area contributed by atoms with Crippen LogP contribution in [0, 0.1) is 0 Å². The highest BCUT2D eigenvalue weighted by Gasteiger charge is 2.29. The molecule has 0 bridgehead atoms. The summed E-state index contributed by atoms with van der Waals surface area (Å²) in [4.78, 5) is 0. The molecule has 1 atom stereocenters. The summed E-state index contributed by atoms with van der Waals surface area (Å²) in [5.41, 5.74) is 0.152. The second-order valence-electron chi connectivity index (χ2n) is 4.47. The van der Waals surface area contributed by atoms with Crippen molar-refractivity contribution in [2.24, 2.45) is 0 Å². The number of nitrogens with one attached hydrogen (secondary N) is 1. The summed E-state index contributed by atoms with van der Waals surface area (Å²) in [6, 6.07) is 5.13. The molecule has 1 saturated heterocycles. The fraction of sp³-hybridized carbons (Fsp3) is 0.538. The fourth-order valence-corrected chi connectivity index (χ4v) is 1.97. The van der Waals surface area contributed by atoms with Crippen molar-refractivity contribution in [3.63, 3.8) is 0 Å². The number of hydrogen-bond acceptors (Lipinski definition) is 2. The predicted octanol–water partition coefficient (Wildman–Crippen LogP) is 2.97. The number of hydrogen-bond donors (Lipinski definition) is 1. The monoisotopic (exact) mass is 259 g/mol. The maximum absolute atomic E-state index is 12.4. The van der Waals surface area contributed by atoms with E-state index in [1.165, 1.54) is 12.1 Å². The summed E-state index contributed by atoms with van der Waals surface area (Å²) in [6.45, 7) is 2.20. The number of benzene rings is 1. The van der Waals surface area contributed by atoms with Crippen molar-refractivity contribution >= 4 is 0 Å².